The Hall–Kier alpha value is -8.64. The van der Waals surface area contributed by atoms with Crippen molar-refractivity contribution in [2.45, 2.75) is 52.6 Å². The molecule has 3 N–H and O–H groups in total. The van der Waals surface area contributed by atoms with Crippen molar-refractivity contribution in [3.8, 4) is 23.4 Å². The van der Waals surface area contributed by atoms with Crippen LogP contribution >= 0.6 is 31.9 Å². The number of hydrogen-bond donors (Lipinski definition) is 3. The second-order valence-electron chi connectivity index (χ2n) is 19.9. The summed E-state index contributed by atoms with van der Waals surface area (Å²) < 4.78 is 6.21. The molecular formula is C60H56Br2N14O5Sn. The molecule has 0 radical (unpaired) electrons. The molecule has 0 spiro atoms. The number of aromatic nitrogens is 7. The summed E-state index contributed by atoms with van der Waals surface area (Å²) in [5.41, 5.74) is 8.62. The van der Waals surface area contributed by atoms with Crippen molar-refractivity contribution in [1.82, 2.24) is 50.1 Å². The average Bonchev–Trinajstić information content (AvgIpc) is 4.41. The van der Waals surface area contributed by atoms with E-state index in [1.165, 1.54) is 16.1 Å². The maximum Gasteiger partial charge on any atom is 0.258 e. The van der Waals surface area contributed by atoms with Crippen molar-refractivity contribution in [1.29, 1.82) is 10.5 Å². The molecule has 7 heterocycles. The second-order valence-corrected chi connectivity index (χ2v) is 35.9. The second kappa shape index (κ2) is 26.8. The maximum atomic E-state index is 13.5. The number of fused-ring (bicyclic) bond motifs is 2. The van der Waals surface area contributed by atoms with Gasteiger partial charge in [0.25, 0.3) is 23.6 Å². The van der Waals surface area contributed by atoms with Crippen LogP contribution in [0, 0.1) is 22.7 Å². The number of amides is 5. The third-order valence-corrected chi connectivity index (χ3v) is 19.4. The van der Waals surface area contributed by atoms with E-state index >= 15 is 0 Å². The summed E-state index contributed by atoms with van der Waals surface area (Å²) in [5.74, 6) is -0.527. The number of nitriles is 2. The average molecular weight is 1330 g/mol. The van der Waals surface area contributed by atoms with Gasteiger partial charge in [-0.3, -0.25) is 24.2 Å². The van der Waals surface area contributed by atoms with Gasteiger partial charge >= 0.3 is 88.8 Å². The molecule has 0 bridgehead atoms. The molecule has 82 heavy (non-hydrogen) atoms. The Morgan fingerprint density at radius 1 is 0.537 bits per heavy atom. The molecule has 0 unspecified atom stereocenters. The zero-order valence-electron chi connectivity index (χ0n) is 45.6. The number of carbonyl (C=O) groups excluding carboxylic acids is 5. The first-order valence-electron chi connectivity index (χ1n) is 25.9. The molecule has 2 fully saturated rings. The van der Waals surface area contributed by atoms with Gasteiger partial charge in [0.2, 0.25) is 0 Å². The standard InChI is InChI=1S/C25H20N6O2.C18H13BrN4O.C7H7BrN2O.C7H7N2O.3CH3.Sn/c1-27-24(32)18-4-9-22(28-14-18)21-15-29-30-11-10-17(12-23(21)30)25(33)31(20-7-8-20)19-5-2-16(13-26)3-6-19;19-16-11-21-22-8-7-13(9-17(16)22)18(24)23(15-5-6-15)14-3-1-12(10-20)2-4-14;1-9-7(11)5-2-3-6(8)10-4-5;1-8-7(10)6-3-2-4-9-5-6;;;;/h2-6,9-12,14-15,20H,7-8H2,1H3,(H,27,32);1-4,7-9,11,15H,5-6H2;2-4H,1H3,(H,9,11);2-3,5H,1H3,(H,8,10);3*1H3;. The Kier molecular flexibility index (Phi) is 19.4. The molecule has 414 valence electrons. The Morgan fingerprint density at radius 3 is 1.38 bits per heavy atom. The first-order valence-corrected chi connectivity index (χ1v) is 37.5. The van der Waals surface area contributed by atoms with E-state index in [1.807, 2.05) is 53.4 Å². The minimum atomic E-state index is -2.05. The van der Waals surface area contributed by atoms with Crippen LogP contribution in [-0.4, -0.2) is 115 Å². The van der Waals surface area contributed by atoms with Gasteiger partial charge in [-0.05, 0) is 155 Å². The van der Waals surface area contributed by atoms with Crippen LogP contribution in [0.2, 0.25) is 14.8 Å². The van der Waals surface area contributed by atoms with Gasteiger partial charge in [0.1, 0.15) is 4.60 Å². The van der Waals surface area contributed by atoms with Gasteiger partial charge < -0.3 is 20.4 Å². The first-order chi connectivity index (χ1) is 39.4. The molecule has 0 saturated heterocycles. The number of nitrogens with zero attached hydrogens (tertiary/aromatic N) is 11. The molecule has 7 aromatic heterocycles. The molecule has 0 aliphatic heterocycles. The predicted octanol–water partition coefficient (Wildman–Crippen LogP) is 9.40. The zero-order valence-corrected chi connectivity index (χ0v) is 51.7. The van der Waals surface area contributed by atoms with E-state index in [9.17, 15) is 24.0 Å². The quantitative estimate of drug-likeness (QED) is 0.0809. The summed E-state index contributed by atoms with van der Waals surface area (Å²) in [4.78, 5) is 83.8. The largest absolute Gasteiger partial charge is 0.355 e. The number of pyridine rings is 5. The molecule has 2 aliphatic rings. The monoisotopic (exact) mass is 1330 g/mol. The normalized spacial score (nSPS) is 12.3. The van der Waals surface area contributed by atoms with Crippen LogP contribution in [-0.2, 0) is 0 Å². The molecule has 19 nitrogen and oxygen atoms in total. The van der Waals surface area contributed by atoms with E-state index in [0.717, 1.165) is 62.7 Å². The van der Waals surface area contributed by atoms with E-state index < -0.39 is 18.4 Å². The Balaban J connectivity index is 0.000000156. The molecule has 2 aromatic carbocycles. The van der Waals surface area contributed by atoms with E-state index in [1.54, 1.807) is 127 Å². The van der Waals surface area contributed by atoms with Gasteiger partial charge in [-0.1, -0.05) is 0 Å². The summed E-state index contributed by atoms with van der Waals surface area (Å²) in [7, 11) is 4.78. The van der Waals surface area contributed by atoms with Crippen molar-refractivity contribution >= 4 is 106 Å². The molecule has 0 atom stereocenters. The third kappa shape index (κ3) is 14.6. The molecule has 9 aromatic rings. The minimum Gasteiger partial charge on any atom is -0.355 e. The van der Waals surface area contributed by atoms with Crippen LogP contribution in [0.25, 0.3) is 22.3 Å². The molecule has 2 saturated carbocycles. The van der Waals surface area contributed by atoms with Gasteiger partial charge in [-0.2, -0.15) is 20.7 Å². The smallest absolute Gasteiger partial charge is 0.258 e. The third-order valence-electron chi connectivity index (χ3n) is 13.1. The van der Waals surface area contributed by atoms with Gasteiger partial charge in [-0.15, -0.1) is 0 Å². The first kappa shape index (κ1) is 59.5. The number of nitrogens with one attached hydrogen (secondary N) is 3. The summed E-state index contributed by atoms with van der Waals surface area (Å²) in [5, 5.41) is 34.2. The number of hydrogen-bond acceptors (Lipinski definition) is 12. The van der Waals surface area contributed by atoms with Crippen LogP contribution in [0.5, 0.6) is 0 Å². The van der Waals surface area contributed by atoms with Crippen molar-refractivity contribution in [2.24, 2.45) is 0 Å². The fourth-order valence-corrected chi connectivity index (χ4v) is 11.9. The van der Waals surface area contributed by atoms with Crippen LogP contribution in [0.15, 0.2) is 162 Å². The summed E-state index contributed by atoms with van der Waals surface area (Å²) in [6.45, 7) is 0. The van der Waals surface area contributed by atoms with E-state index in [4.69, 9.17) is 10.5 Å². The Morgan fingerprint density at radius 2 is 0.976 bits per heavy atom. The van der Waals surface area contributed by atoms with Gasteiger partial charge in [0.05, 0.1) is 68.0 Å². The number of halogens is 2. The van der Waals surface area contributed by atoms with Crippen LogP contribution < -0.4 is 29.5 Å². The topological polar surface area (TPSA) is 249 Å². The molecule has 11 rings (SSSR count). The van der Waals surface area contributed by atoms with Crippen LogP contribution in [0.1, 0.15) is 88.6 Å². The van der Waals surface area contributed by atoms with Gasteiger partial charge in [0.15, 0.2) is 0 Å². The number of rotatable bonds is 11. The fourth-order valence-electron chi connectivity index (χ4n) is 8.32. The number of anilines is 2. The summed E-state index contributed by atoms with van der Waals surface area (Å²) in [6, 6.07) is 36.8. The number of carbonyl (C=O) groups is 5. The van der Waals surface area contributed by atoms with Gasteiger partial charge in [0, 0.05) is 79.0 Å². The minimum absolute atomic E-state index is 0.0298. The fraction of sp³-hybridized carbons (Fsp3) is 0.200. The van der Waals surface area contributed by atoms with Crippen molar-refractivity contribution < 1.29 is 24.0 Å². The molecular weight excluding hydrogens is 1280 g/mol. The SMILES string of the molecule is CNC(=O)c1cc[c]([Sn]([CH3])([CH3])[CH3])nc1.CNC(=O)c1ccc(-c2cnn3ccc(C(=O)N(c4ccc(C#N)cc4)C4CC4)cc23)nc1.CNC(=O)c1ccc(Br)nc1.N#Cc1ccc(N(C(=O)c2ccn3ncc(Br)c3c2)C2CC2)cc1. The van der Waals surface area contributed by atoms with Crippen molar-refractivity contribution in [3.63, 3.8) is 0 Å². The molecule has 5 amide bonds. The van der Waals surface area contributed by atoms with Crippen molar-refractivity contribution in [2.75, 3.05) is 30.9 Å². The summed E-state index contributed by atoms with van der Waals surface area (Å²) >= 11 is 4.58. The zero-order chi connectivity index (χ0) is 58.7. The maximum absolute atomic E-state index is 13.5. The molecule has 22 heteroatoms. The molecule has 2 aliphatic carbocycles. The van der Waals surface area contributed by atoms with Crippen LogP contribution in [0.3, 0.4) is 0 Å². The van der Waals surface area contributed by atoms with E-state index in [0.29, 0.717) is 44.6 Å². The van der Waals surface area contributed by atoms with Crippen molar-refractivity contribution in [3.05, 3.63) is 201 Å². The predicted molar refractivity (Wildman–Crippen MR) is 323 cm³/mol. The van der Waals surface area contributed by atoms with Gasteiger partial charge in [-0.25, -0.2) is 14.0 Å². The van der Waals surface area contributed by atoms with Crippen LogP contribution in [0.4, 0.5) is 11.4 Å². The Labute approximate surface area is 494 Å². The summed E-state index contributed by atoms with van der Waals surface area (Å²) in [6.07, 6.45) is 15.6. The van der Waals surface area contributed by atoms with E-state index in [-0.39, 0.29) is 41.6 Å². The van der Waals surface area contributed by atoms with E-state index in [2.05, 4.69) is 99.9 Å². The number of benzene rings is 2. The Bertz CT molecular complexity index is 3870.